The first-order valence-corrected chi connectivity index (χ1v) is 7.44. The van der Waals surface area contributed by atoms with Crippen LogP contribution in [-0.2, 0) is 0 Å². The van der Waals surface area contributed by atoms with Crippen molar-refractivity contribution in [3.63, 3.8) is 0 Å². The summed E-state index contributed by atoms with van der Waals surface area (Å²) >= 11 is 0. The number of aromatic nitrogens is 1. The Morgan fingerprint density at radius 2 is 1.91 bits per heavy atom. The van der Waals surface area contributed by atoms with Crippen molar-refractivity contribution in [2.24, 2.45) is 0 Å². The largest absolute Gasteiger partial charge is 0.505 e. The molecule has 120 valence electrons. The zero-order valence-corrected chi connectivity index (χ0v) is 12.4. The van der Waals surface area contributed by atoms with Crippen LogP contribution in [0.15, 0.2) is 36.5 Å². The quantitative estimate of drug-likeness (QED) is 0.926. The number of carbonyl (C=O) groups is 1. The summed E-state index contributed by atoms with van der Waals surface area (Å²) in [6.45, 7) is 1.07. The molecule has 1 aromatic carbocycles. The molecule has 2 heterocycles. The number of benzene rings is 1. The molecule has 1 fully saturated rings. The van der Waals surface area contributed by atoms with Gasteiger partial charge in [0.05, 0.1) is 6.20 Å². The second-order valence-corrected chi connectivity index (χ2v) is 5.63. The Labute approximate surface area is 132 Å². The standard InChI is InChI=1S/C17H16F2N2O2/c18-13-2-3-15(20-10-13)11-5-7-21(8-6-11)17(23)12-1-4-16(22)14(19)9-12/h1-4,9-11,22H,5-8H2. The van der Waals surface area contributed by atoms with Crippen LogP contribution in [0, 0.1) is 11.6 Å². The first-order valence-electron chi connectivity index (χ1n) is 7.44. The fraction of sp³-hybridized carbons (Fsp3) is 0.294. The highest BCUT2D eigenvalue weighted by atomic mass is 19.1. The number of rotatable bonds is 2. The van der Waals surface area contributed by atoms with Crippen LogP contribution < -0.4 is 0 Å². The van der Waals surface area contributed by atoms with E-state index < -0.39 is 11.6 Å². The lowest BCUT2D eigenvalue weighted by molar-refractivity contribution is 0.0711. The normalized spacial score (nSPS) is 15.7. The van der Waals surface area contributed by atoms with E-state index in [1.54, 1.807) is 11.0 Å². The molecule has 4 nitrogen and oxygen atoms in total. The monoisotopic (exact) mass is 318 g/mol. The zero-order valence-electron chi connectivity index (χ0n) is 12.4. The van der Waals surface area contributed by atoms with Gasteiger partial charge in [0.15, 0.2) is 11.6 Å². The zero-order chi connectivity index (χ0) is 16.4. The molecular weight excluding hydrogens is 302 g/mol. The fourth-order valence-electron chi connectivity index (χ4n) is 2.83. The van der Waals surface area contributed by atoms with Gasteiger partial charge < -0.3 is 10.0 Å². The van der Waals surface area contributed by atoms with Crippen molar-refractivity contribution in [2.75, 3.05) is 13.1 Å². The molecule has 0 radical (unpaired) electrons. The molecule has 0 saturated carbocycles. The number of amides is 1. The first kappa shape index (κ1) is 15.4. The van der Waals surface area contributed by atoms with Gasteiger partial charge in [-0.05, 0) is 43.2 Å². The topological polar surface area (TPSA) is 53.4 Å². The average molecular weight is 318 g/mol. The fourth-order valence-corrected chi connectivity index (χ4v) is 2.83. The van der Waals surface area contributed by atoms with Crippen LogP contribution in [0.1, 0.15) is 34.8 Å². The minimum Gasteiger partial charge on any atom is -0.505 e. The van der Waals surface area contributed by atoms with Gasteiger partial charge in [0.2, 0.25) is 0 Å². The Bertz CT molecular complexity index is 711. The lowest BCUT2D eigenvalue weighted by atomic mass is 9.92. The summed E-state index contributed by atoms with van der Waals surface area (Å²) in [7, 11) is 0. The average Bonchev–Trinajstić information content (AvgIpc) is 2.57. The maximum Gasteiger partial charge on any atom is 0.253 e. The SMILES string of the molecule is O=C(c1ccc(O)c(F)c1)N1CCC(c2ccc(F)cn2)CC1. The van der Waals surface area contributed by atoms with Gasteiger partial charge in [-0.1, -0.05) is 0 Å². The van der Waals surface area contributed by atoms with Gasteiger partial charge >= 0.3 is 0 Å². The predicted octanol–water partition coefficient (Wildman–Crippen LogP) is 3.09. The number of hydrogen-bond donors (Lipinski definition) is 1. The van der Waals surface area contributed by atoms with Gasteiger partial charge in [-0.15, -0.1) is 0 Å². The van der Waals surface area contributed by atoms with Crippen LogP contribution >= 0.6 is 0 Å². The second kappa shape index (κ2) is 6.32. The van der Waals surface area contributed by atoms with E-state index in [-0.39, 0.29) is 23.2 Å². The first-order chi connectivity index (χ1) is 11.0. The van der Waals surface area contributed by atoms with E-state index in [0.717, 1.165) is 24.6 Å². The summed E-state index contributed by atoms with van der Waals surface area (Å²) in [5.74, 6) is -1.70. The van der Waals surface area contributed by atoms with Gasteiger partial charge in [0.1, 0.15) is 5.82 Å². The van der Waals surface area contributed by atoms with E-state index in [2.05, 4.69) is 4.98 Å². The molecule has 23 heavy (non-hydrogen) atoms. The minimum absolute atomic E-state index is 0.191. The summed E-state index contributed by atoms with van der Waals surface area (Å²) in [5.41, 5.74) is 1.05. The summed E-state index contributed by atoms with van der Waals surface area (Å²) in [6, 6.07) is 6.70. The van der Waals surface area contributed by atoms with Gasteiger partial charge in [-0.2, -0.15) is 0 Å². The maximum atomic E-state index is 13.4. The van der Waals surface area contributed by atoms with Gasteiger partial charge in [-0.3, -0.25) is 9.78 Å². The molecule has 1 aliphatic rings. The third-order valence-electron chi connectivity index (χ3n) is 4.15. The highest BCUT2D eigenvalue weighted by Crippen LogP contribution is 2.27. The van der Waals surface area contributed by atoms with E-state index in [9.17, 15) is 18.7 Å². The third kappa shape index (κ3) is 3.31. The number of piperidine rings is 1. The van der Waals surface area contributed by atoms with E-state index in [1.807, 2.05) is 0 Å². The van der Waals surface area contributed by atoms with Crippen molar-refractivity contribution >= 4 is 5.91 Å². The Morgan fingerprint density at radius 3 is 2.52 bits per heavy atom. The summed E-state index contributed by atoms with van der Waals surface area (Å²) in [5, 5.41) is 9.18. The molecule has 2 aromatic rings. The number of hydrogen-bond acceptors (Lipinski definition) is 3. The summed E-state index contributed by atoms with van der Waals surface area (Å²) < 4.78 is 26.3. The highest BCUT2D eigenvalue weighted by molar-refractivity contribution is 5.94. The Morgan fingerprint density at radius 1 is 1.17 bits per heavy atom. The van der Waals surface area contributed by atoms with E-state index in [4.69, 9.17) is 0 Å². The molecule has 0 bridgehead atoms. The van der Waals surface area contributed by atoms with Crippen LogP contribution in [0.4, 0.5) is 8.78 Å². The van der Waals surface area contributed by atoms with Crippen LogP contribution in [0.3, 0.4) is 0 Å². The molecular formula is C17H16F2N2O2. The predicted molar refractivity (Wildman–Crippen MR) is 80.1 cm³/mol. The number of aromatic hydroxyl groups is 1. The number of phenolic OH excluding ortho intramolecular Hbond substituents is 1. The molecule has 0 spiro atoms. The summed E-state index contributed by atoms with van der Waals surface area (Å²) in [4.78, 5) is 18.1. The number of carbonyl (C=O) groups excluding carboxylic acids is 1. The highest BCUT2D eigenvalue weighted by Gasteiger charge is 2.25. The van der Waals surface area contributed by atoms with Gasteiger partial charge in [0, 0.05) is 30.3 Å². The lowest BCUT2D eigenvalue weighted by Gasteiger charge is -2.31. The van der Waals surface area contributed by atoms with E-state index in [0.29, 0.717) is 13.1 Å². The number of phenols is 1. The van der Waals surface area contributed by atoms with Gasteiger partial charge in [0.25, 0.3) is 5.91 Å². The van der Waals surface area contributed by atoms with E-state index in [1.165, 1.54) is 24.4 Å². The summed E-state index contributed by atoms with van der Waals surface area (Å²) in [6.07, 6.45) is 2.65. The lowest BCUT2D eigenvalue weighted by Crippen LogP contribution is -2.38. The Hall–Kier alpha value is -2.50. The number of likely N-dealkylation sites (tertiary alicyclic amines) is 1. The number of nitrogens with zero attached hydrogens (tertiary/aromatic N) is 2. The van der Waals surface area contributed by atoms with Crippen LogP contribution in [0.2, 0.25) is 0 Å². The van der Waals surface area contributed by atoms with Crippen LogP contribution in [-0.4, -0.2) is 34.0 Å². The van der Waals surface area contributed by atoms with Crippen molar-refractivity contribution in [1.29, 1.82) is 0 Å². The van der Waals surface area contributed by atoms with Crippen molar-refractivity contribution in [3.8, 4) is 5.75 Å². The molecule has 1 N–H and O–H groups in total. The molecule has 1 aliphatic heterocycles. The molecule has 0 unspecified atom stereocenters. The molecule has 1 amide bonds. The number of pyridine rings is 1. The number of halogens is 2. The Balaban J connectivity index is 1.65. The molecule has 3 rings (SSSR count). The third-order valence-corrected chi connectivity index (χ3v) is 4.15. The maximum absolute atomic E-state index is 13.4. The molecule has 0 atom stereocenters. The molecule has 6 heteroatoms. The van der Waals surface area contributed by atoms with Crippen molar-refractivity contribution in [2.45, 2.75) is 18.8 Å². The van der Waals surface area contributed by atoms with E-state index >= 15 is 0 Å². The Kier molecular flexibility index (Phi) is 4.23. The van der Waals surface area contributed by atoms with Crippen LogP contribution in [0.5, 0.6) is 5.75 Å². The minimum atomic E-state index is -0.804. The van der Waals surface area contributed by atoms with Crippen molar-refractivity contribution in [1.82, 2.24) is 9.88 Å². The van der Waals surface area contributed by atoms with Crippen molar-refractivity contribution < 1.29 is 18.7 Å². The smallest absolute Gasteiger partial charge is 0.253 e. The molecule has 1 aromatic heterocycles. The van der Waals surface area contributed by atoms with Crippen LogP contribution in [0.25, 0.3) is 0 Å². The second-order valence-electron chi connectivity index (χ2n) is 5.63. The molecule has 1 saturated heterocycles. The van der Waals surface area contributed by atoms with Gasteiger partial charge in [-0.25, -0.2) is 8.78 Å². The molecule has 0 aliphatic carbocycles. The van der Waals surface area contributed by atoms with Crippen molar-refractivity contribution in [3.05, 3.63) is 59.4 Å².